The van der Waals surface area contributed by atoms with Crippen LogP contribution < -0.4 is 0 Å². The minimum Gasteiger partial charge on any atom is -0.462 e. The fraction of sp³-hybridized carbons (Fsp3) is 0.895. The van der Waals surface area contributed by atoms with E-state index >= 15 is 0 Å². The maximum absolute atomic E-state index is 13.1. The standard InChI is InChI=1S/C76H144O17P2/c1-8-10-11-12-13-14-15-16-17-22-25-28-38-45-52-59-75(80)92-71(63-86-73(78)57-50-43-36-27-24-21-19-18-20-23-26-33-40-47-54-67(3)4)65-90-94(82,83)88-61-70(77)62-89-95(84,85)91-66-72(64-87-74(79)58-51-44-37-31-29-34-41-48-55-68(5)6)93-76(81)60-53-46-39-32-30-35-42-49-56-69(7)9-2/h14-17,67-72,77H,8-13,18-66H2,1-7H3,(H,82,83)(H,84,85)/b15-14-,17-16-/t69?,70?,71-,72-/m1/s1. The van der Waals surface area contributed by atoms with E-state index < -0.39 is 97.5 Å². The number of ether oxygens (including phenoxy) is 4. The average molecular weight is 1390 g/mol. The third kappa shape index (κ3) is 68.5. The molecule has 0 aliphatic rings. The van der Waals surface area contributed by atoms with Crippen LogP contribution in [0, 0.1) is 17.8 Å². The van der Waals surface area contributed by atoms with Crippen LogP contribution in [0.4, 0.5) is 0 Å². The van der Waals surface area contributed by atoms with Crippen molar-refractivity contribution in [2.24, 2.45) is 17.8 Å². The van der Waals surface area contributed by atoms with Gasteiger partial charge < -0.3 is 33.8 Å². The number of aliphatic hydroxyl groups is 1. The van der Waals surface area contributed by atoms with Gasteiger partial charge in [-0.15, -0.1) is 0 Å². The predicted octanol–water partition coefficient (Wildman–Crippen LogP) is 21.7. The first-order valence-electron chi connectivity index (χ1n) is 38.7. The van der Waals surface area contributed by atoms with E-state index in [-0.39, 0.29) is 25.7 Å². The molecular formula is C76H144O17P2. The molecular weight excluding hydrogens is 1250 g/mol. The Kier molecular flexibility index (Phi) is 64.4. The highest BCUT2D eigenvalue weighted by Gasteiger charge is 2.30. The molecule has 95 heavy (non-hydrogen) atoms. The summed E-state index contributed by atoms with van der Waals surface area (Å²) in [4.78, 5) is 72.8. The van der Waals surface area contributed by atoms with Crippen molar-refractivity contribution in [2.75, 3.05) is 39.6 Å². The molecule has 560 valence electrons. The first-order valence-corrected chi connectivity index (χ1v) is 41.7. The summed E-state index contributed by atoms with van der Waals surface area (Å²) in [5.74, 6) is 0.139. The van der Waals surface area contributed by atoms with E-state index in [0.717, 1.165) is 120 Å². The van der Waals surface area contributed by atoms with Crippen molar-refractivity contribution in [2.45, 2.75) is 381 Å². The van der Waals surface area contributed by atoms with Crippen LogP contribution in [0.15, 0.2) is 24.3 Å². The second-order valence-electron chi connectivity index (χ2n) is 27.9. The molecule has 0 radical (unpaired) electrons. The van der Waals surface area contributed by atoms with Gasteiger partial charge >= 0.3 is 39.5 Å². The summed E-state index contributed by atoms with van der Waals surface area (Å²) < 4.78 is 68.5. The lowest BCUT2D eigenvalue weighted by molar-refractivity contribution is -0.161. The van der Waals surface area contributed by atoms with Gasteiger partial charge in [-0.25, -0.2) is 9.13 Å². The first-order chi connectivity index (χ1) is 45.8. The Morgan fingerprint density at radius 1 is 0.347 bits per heavy atom. The van der Waals surface area contributed by atoms with Crippen molar-refractivity contribution in [3.05, 3.63) is 24.3 Å². The molecule has 0 saturated carbocycles. The lowest BCUT2D eigenvalue weighted by atomic mass is 9.99. The van der Waals surface area contributed by atoms with E-state index in [9.17, 15) is 43.2 Å². The zero-order valence-corrected chi connectivity index (χ0v) is 63.4. The molecule has 0 saturated heterocycles. The second-order valence-corrected chi connectivity index (χ2v) is 30.8. The van der Waals surface area contributed by atoms with Crippen molar-refractivity contribution in [3.63, 3.8) is 0 Å². The number of carbonyl (C=O) groups is 4. The highest BCUT2D eigenvalue weighted by molar-refractivity contribution is 7.47. The quantitative estimate of drug-likeness (QED) is 0.0169. The molecule has 0 fully saturated rings. The number of phosphoric ester groups is 2. The highest BCUT2D eigenvalue weighted by atomic mass is 31.2. The second kappa shape index (κ2) is 66.1. The summed E-state index contributed by atoms with van der Waals surface area (Å²) in [6.45, 7) is 11.8. The zero-order chi connectivity index (χ0) is 70.1. The molecule has 0 aromatic carbocycles. The van der Waals surface area contributed by atoms with Crippen molar-refractivity contribution < 1.29 is 80.2 Å². The van der Waals surface area contributed by atoms with Crippen LogP contribution in [0.5, 0.6) is 0 Å². The van der Waals surface area contributed by atoms with Crippen LogP contribution in [-0.4, -0.2) is 96.7 Å². The van der Waals surface area contributed by atoms with Crippen molar-refractivity contribution in [3.8, 4) is 0 Å². The minimum absolute atomic E-state index is 0.0848. The van der Waals surface area contributed by atoms with Gasteiger partial charge in [0.1, 0.15) is 19.3 Å². The summed E-state index contributed by atoms with van der Waals surface area (Å²) >= 11 is 0. The number of rotatable bonds is 72. The van der Waals surface area contributed by atoms with Gasteiger partial charge in [0.25, 0.3) is 0 Å². The third-order valence-electron chi connectivity index (χ3n) is 17.4. The summed E-state index contributed by atoms with van der Waals surface area (Å²) in [6.07, 6.45) is 54.9. The Bertz CT molecular complexity index is 1950. The average Bonchev–Trinajstić information content (AvgIpc) is 3.34. The Hall–Kier alpha value is -2.46. The number of unbranched alkanes of at least 4 members (excludes halogenated alkanes) is 36. The predicted molar refractivity (Wildman–Crippen MR) is 386 cm³/mol. The van der Waals surface area contributed by atoms with Crippen molar-refractivity contribution >= 4 is 39.5 Å². The fourth-order valence-electron chi connectivity index (χ4n) is 11.0. The number of phosphoric acid groups is 2. The van der Waals surface area contributed by atoms with Gasteiger partial charge in [0.15, 0.2) is 12.2 Å². The number of hydrogen-bond acceptors (Lipinski definition) is 15. The van der Waals surface area contributed by atoms with E-state index in [1.807, 2.05) is 0 Å². The van der Waals surface area contributed by atoms with Crippen molar-refractivity contribution in [1.82, 2.24) is 0 Å². The van der Waals surface area contributed by atoms with Crippen LogP contribution in [0.2, 0.25) is 0 Å². The number of hydrogen-bond donors (Lipinski definition) is 3. The van der Waals surface area contributed by atoms with E-state index in [1.165, 1.54) is 161 Å². The molecule has 4 unspecified atom stereocenters. The van der Waals surface area contributed by atoms with Gasteiger partial charge in [-0.05, 0) is 69.1 Å². The third-order valence-corrected chi connectivity index (χ3v) is 19.3. The number of allylic oxidation sites excluding steroid dienone is 4. The lowest BCUT2D eigenvalue weighted by Gasteiger charge is -2.21. The Balaban J connectivity index is 5.29. The molecule has 6 atom stereocenters. The van der Waals surface area contributed by atoms with Crippen LogP contribution >= 0.6 is 15.6 Å². The van der Waals surface area contributed by atoms with Crippen LogP contribution in [0.25, 0.3) is 0 Å². The van der Waals surface area contributed by atoms with Gasteiger partial charge in [0.2, 0.25) is 0 Å². The highest BCUT2D eigenvalue weighted by Crippen LogP contribution is 2.45. The molecule has 0 aromatic rings. The molecule has 0 rings (SSSR count). The summed E-state index contributed by atoms with van der Waals surface area (Å²) in [7, 11) is -9.93. The van der Waals surface area contributed by atoms with Gasteiger partial charge in [0, 0.05) is 25.7 Å². The Morgan fingerprint density at radius 2 is 0.621 bits per heavy atom. The van der Waals surface area contributed by atoms with E-state index in [2.05, 4.69) is 72.8 Å². The summed E-state index contributed by atoms with van der Waals surface area (Å²) in [5, 5.41) is 10.6. The van der Waals surface area contributed by atoms with Gasteiger partial charge in [-0.3, -0.25) is 37.3 Å². The topological polar surface area (TPSA) is 237 Å². The number of aliphatic hydroxyl groups excluding tert-OH is 1. The molecule has 0 amide bonds. The maximum atomic E-state index is 13.1. The SMILES string of the molecule is CCCCCC/C=C\C=C/CCCCCCCC(=O)O[C@H](COC(=O)CCCCCCCCCCCCCCCCC(C)C)COP(=O)(O)OCC(O)COP(=O)(O)OC[C@@H](COC(=O)CCCCCCCCCCC(C)C)OC(=O)CCCCCCCCCCC(C)CC. The molecule has 0 bridgehead atoms. The van der Waals surface area contributed by atoms with E-state index in [1.54, 1.807) is 0 Å². The van der Waals surface area contributed by atoms with E-state index in [0.29, 0.717) is 25.7 Å². The largest absolute Gasteiger partial charge is 0.472 e. The molecule has 0 aromatic heterocycles. The maximum Gasteiger partial charge on any atom is 0.472 e. The van der Waals surface area contributed by atoms with Crippen molar-refractivity contribution in [1.29, 1.82) is 0 Å². The fourth-order valence-corrected chi connectivity index (χ4v) is 12.6. The van der Waals surface area contributed by atoms with Gasteiger partial charge in [-0.2, -0.15) is 0 Å². The molecule has 0 spiro atoms. The summed E-state index contributed by atoms with van der Waals surface area (Å²) in [5.41, 5.74) is 0. The van der Waals surface area contributed by atoms with Gasteiger partial charge in [0.05, 0.1) is 26.4 Å². The number of carbonyl (C=O) groups excluding carboxylic acids is 4. The summed E-state index contributed by atoms with van der Waals surface area (Å²) in [6, 6.07) is 0. The molecule has 3 N–H and O–H groups in total. The zero-order valence-electron chi connectivity index (χ0n) is 61.6. The van der Waals surface area contributed by atoms with E-state index in [4.69, 9.17) is 37.0 Å². The molecule has 0 aliphatic carbocycles. The monoisotopic (exact) mass is 1390 g/mol. The number of esters is 4. The minimum atomic E-state index is -4.97. The Morgan fingerprint density at radius 3 is 0.937 bits per heavy atom. The molecule has 0 aliphatic heterocycles. The molecule has 0 heterocycles. The van der Waals surface area contributed by atoms with Crippen LogP contribution in [-0.2, 0) is 65.4 Å². The van der Waals surface area contributed by atoms with Crippen LogP contribution in [0.3, 0.4) is 0 Å². The normalized spacial score (nSPS) is 14.5. The van der Waals surface area contributed by atoms with Crippen LogP contribution in [0.1, 0.15) is 363 Å². The van der Waals surface area contributed by atoms with Gasteiger partial charge in [-0.1, -0.05) is 310 Å². The Labute approximate surface area is 580 Å². The molecule has 19 heteroatoms. The molecule has 17 nitrogen and oxygen atoms in total. The first kappa shape index (κ1) is 92.5. The smallest absolute Gasteiger partial charge is 0.462 e. The lowest BCUT2D eigenvalue weighted by Crippen LogP contribution is -2.30.